The van der Waals surface area contributed by atoms with E-state index in [0.29, 0.717) is 6.42 Å². The highest BCUT2D eigenvalue weighted by Crippen LogP contribution is 2.45. The van der Waals surface area contributed by atoms with Crippen LogP contribution in [-0.4, -0.2) is 10.7 Å². The minimum Gasteiger partial charge on any atom is -0.389 e. The van der Waals surface area contributed by atoms with E-state index in [2.05, 4.69) is 19.2 Å². The Morgan fingerprint density at radius 1 is 1.00 bits per heavy atom. The first-order valence-electron chi connectivity index (χ1n) is 8.92. The average Bonchev–Trinajstić information content (AvgIpc) is 2.59. The quantitative estimate of drug-likeness (QED) is 0.690. The van der Waals surface area contributed by atoms with Gasteiger partial charge in [-0.15, -0.1) is 0 Å². The van der Waals surface area contributed by atoms with Crippen LogP contribution in [0.25, 0.3) is 0 Å². The number of halogens is 2. The maximum atomic E-state index is 11.4. The molecule has 1 aliphatic rings. The summed E-state index contributed by atoms with van der Waals surface area (Å²) in [4.78, 5) is 0. The van der Waals surface area contributed by atoms with Crippen LogP contribution in [0.4, 0.5) is 0 Å². The molecular weight excluding hydrogens is 353 g/mol. The SMILES string of the molecule is CCC[C@]1(O)C[C@H](c2ccc(Cl)cc2)N[C@@H](c2ccc(Cl)cc2)[C@H]1C. The zero-order valence-corrected chi connectivity index (χ0v) is 16.2. The molecule has 25 heavy (non-hydrogen) atoms. The largest absolute Gasteiger partial charge is 0.389 e. The Labute approximate surface area is 160 Å². The highest BCUT2D eigenvalue weighted by Gasteiger charge is 2.45. The highest BCUT2D eigenvalue weighted by molar-refractivity contribution is 6.30. The molecule has 2 aromatic rings. The van der Waals surface area contributed by atoms with E-state index in [1.807, 2.05) is 48.5 Å². The molecule has 0 radical (unpaired) electrons. The van der Waals surface area contributed by atoms with Crippen molar-refractivity contribution in [3.8, 4) is 0 Å². The summed E-state index contributed by atoms with van der Waals surface area (Å²) in [6.07, 6.45) is 2.46. The monoisotopic (exact) mass is 377 g/mol. The van der Waals surface area contributed by atoms with Gasteiger partial charge in [0.25, 0.3) is 0 Å². The summed E-state index contributed by atoms with van der Waals surface area (Å²) in [7, 11) is 0. The first-order valence-corrected chi connectivity index (χ1v) is 9.68. The standard InChI is InChI=1S/C21H25Cl2NO/c1-3-12-21(25)13-19(15-4-8-17(22)9-5-15)24-20(14(21)2)16-6-10-18(23)11-7-16/h4-11,14,19-20,24-25H,3,12-13H2,1-2H3/t14-,19-,20-,21+/m1/s1. The molecule has 0 amide bonds. The first-order chi connectivity index (χ1) is 11.9. The zero-order valence-electron chi connectivity index (χ0n) is 14.7. The Balaban J connectivity index is 1.95. The molecule has 0 saturated carbocycles. The van der Waals surface area contributed by atoms with Crippen LogP contribution in [0.15, 0.2) is 48.5 Å². The predicted molar refractivity (Wildman–Crippen MR) is 105 cm³/mol. The van der Waals surface area contributed by atoms with Gasteiger partial charge in [0.2, 0.25) is 0 Å². The van der Waals surface area contributed by atoms with Crippen LogP contribution in [0, 0.1) is 5.92 Å². The maximum Gasteiger partial charge on any atom is 0.0709 e. The summed E-state index contributed by atoms with van der Waals surface area (Å²) in [5.74, 6) is 0.108. The third-order valence-electron chi connectivity index (χ3n) is 5.47. The summed E-state index contributed by atoms with van der Waals surface area (Å²) in [5.41, 5.74) is 1.61. The molecule has 0 spiro atoms. The number of nitrogens with one attached hydrogen (secondary N) is 1. The second-order valence-corrected chi connectivity index (χ2v) is 8.02. The lowest BCUT2D eigenvalue weighted by Crippen LogP contribution is -2.52. The Morgan fingerprint density at radius 2 is 1.52 bits per heavy atom. The van der Waals surface area contributed by atoms with Crippen LogP contribution in [0.2, 0.25) is 10.0 Å². The van der Waals surface area contributed by atoms with E-state index in [9.17, 15) is 5.11 Å². The molecule has 2 N–H and O–H groups in total. The van der Waals surface area contributed by atoms with Gasteiger partial charge < -0.3 is 10.4 Å². The highest BCUT2D eigenvalue weighted by atomic mass is 35.5. The fourth-order valence-corrected chi connectivity index (χ4v) is 4.25. The summed E-state index contributed by atoms with van der Waals surface area (Å²) in [5, 5.41) is 16.6. The molecule has 134 valence electrons. The molecule has 1 fully saturated rings. The van der Waals surface area contributed by atoms with E-state index >= 15 is 0 Å². The van der Waals surface area contributed by atoms with Crippen molar-refractivity contribution in [2.45, 2.75) is 50.8 Å². The number of hydrogen-bond donors (Lipinski definition) is 2. The van der Waals surface area contributed by atoms with Crippen molar-refractivity contribution in [1.29, 1.82) is 0 Å². The molecule has 0 aromatic heterocycles. The number of aliphatic hydroxyl groups is 1. The molecule has 0 unspecified atom stereocenters. The van der Waals surface area contributed by atoms with E-state index in [0.717, 1.165) is 34.0 Å². The van der Waals surface area contributed by atoms with Gasteiger partial charge in [0.05, 0.1) is 5.60 Å². The van der Waals surface area contributed by atoms with Gasteiger partial charge in [-0.1, -0.05) is 67.7 Å². The minimum atomic E-state index is -0.700. The van der Waals surface area contributed by atoms with Crippen molar-refractivity contribution in [2.75, 3.05) is 0 Å². The third-order valence-corrected chi connectivity index (χ3v) is 5.97. The van der Waals surface area contributed by atoms with Crippen molar-refractivity contribution in [3.05, 3.63) is 69.7 Å². The molecule has 0 aliphatic carbocycles. The predicted octanol–water partition coefficient (Wildman–Crippen LogP) is 5.94. The lowest BCUT2D eigenvalue weighted by atomic mass is 9.70. The van der Waals surface area contributed by atoms with Gasteiger partial charge >= 0.3 is 0 Å². The van der Waals surface area contributed by atoms with Gasteiger partial charge in [-0.25, -0.2) is 0 Å². The van der Waals surface area contributed by atoms with Crippen LogP contribution < -0.4 is 5.32 Å². The minimum absolute atomic E-state index is 0.0724. The molecule has 1 heterocycles. The summed E-state index contributed by atoms with van der Waals surface area (Å²) < 4.78 is 0. The second-order valence-electron chi connectivity index (χ2n) is 7.15. The molecule has 2 aromatic carbocycles. The van der Waals surface area contributed by atoms with Gasteiger partial charge in [0.1, 0.15) is 0 Å². The first kappa shape index (κ1) is 18.7. The van der Waals surface area contributed by atoms with Crippen LogP contribution in [0.1, 0.15) is 56.3 Å². The van der Waals surface area contributed by atoms with E-state index in [1.54, 1.807) is 0 Å². The van der Waals surface area contributed by atoms with Gasteiger partial charge in [-0.05, 0) is 48.2 Å². The Hall–Kier alpha value is -1.06. The average molecular weight is 378 g/mol. The van der Waals surface area contributed by atoms with Crippen LogP contribution >= 0.6 is 23.2 Å². The number of hydrogen-bond acceptors (Lipinski definition) is 2. The van der Waals surface area contributed by atoms with Crippen LogP contribution in [-0.2, 0) is 0 Å². The molecule has 0 bridgehead atoms. The second kappa shape index (κ2) is 7.67. The molecule has 4 atom stereocenters. The van der Waals surface area contributed by atoms with E-state index in [-0.39, 0.29) is 18.0 Å². The summed E-state index contributed by atoms with van der Waals surface area (Å²) in [6, 6.07) is 16.0. The van der Waals surface area contributed by atoms with E-state index < -0.39 is 5.60 Å². The number of piperidine rings is 1. The topological polar surface area (TPSA) is 32.3 Å². The molecule has 3 rings (SSSR count). The lowest BCUT2D eigenvalue weighted by molar-refractivity contribution is -0.0743. The molecule has 1 saturated heterocycles. The molecule has 4 heteroatoms. The normalized spacial score (nSPS) is 29.6. The Bertz CT molecular complexity index is 701. The fraction of sp³-hybridized carbons (Fsp3) is 0.429. The van der Waals surface area contributed by atoms with Crippen molar-refractivity contribution in [2.24, 2.45) is 5.92 Å². The van der Waals surface area contributed by atoms with E-state index in [4.69, 9.17) is 23.2 Å². The van der Waals surface area contributed by atoms with Crippen LogP contribution in [0.5, 0.6) is 0 Å². The Kier molecular flexibility index (Phi) is 5.75. The van der Waals surface area contributed by atoms with E-state index in [1.165, 1.54) is 0 Å². The van der Waals surface area contributed by atoms with Gasteiger partial charge in [0.15, 0.2) is 0 Å². The summed E-state index contributed by atoms with van der Waals surface area (Å²) >= 11 is 12.1. The van der Waals surface area contributed by atoms with Crippen LogP contribution in [0.3, 0.4) is 0 Å². The maximum absolute atomic E-state index is 11.4. The molecular formula is C21H25Cl2NO. The van der Waals surface area contributed by atoms with Gasteiger partial charge in [-0.3, -0.25) is 0 Å². The van der Waals surface area contributed by atoms with Crippen molar-refractivity contribution in [3.63, 3.8) is 0 Å². The number of benzene rings is 2. The van der Waals surface area contributed by atoms with Gasteiger partial charge in [-0.2, -0.15) is 0 Å². The zero-order chi connectivity index (χ0) is 18.0. The van der Waals surface area contributed by atoms with Crippen molar-refractivity contribution >= 4 is 23.2 Å². The van der Waals surface area contributed by atoms with Gasteiger partial charge in [0, 0.05) is 28.0 Å². The summed E-state index contributed by atoms with van der Waals surface area (Å²) in [6.45, 7) is 4.27. The van der Waals surface area contributed by atoms with Crippen molar-refractivity contribution < 1.29 is 5.11 Å². The third kappa shape index (κ3) is 4.03. The lowest BCUT2D eigenvalue weighted by Gasteiger charge is -2.48. The molecule has 1 aliphatic heterocycles. The smallest absolute Gasteiger partial charge is 0.0709 e. The molecule has 2 nitrogen and oxygen atoms in total. The fourth-order valence-electron chi connectivity index (χ4n) is 4.00. The Morgan fingerprint density at radius 3 is 2.04 bits per heavy atom. The van der Waals surface area contributed by atoms with Crippen molar-refractivity contribution in [1.82, 2.24) is 5.32 Å². The number of rotatable bonds is 4.